The van der Waals surface area contributed by atoms with Crippen molar-refractivity contribution >= 4 is 5.69 Å². The minimum absolute atomic E-state index is 0.155. The van der Waals surface area contributed by atoms with Crippen molar-refractivity contribution in [3.63, 3.8) is 0 Å². The first-order valence-corrected chi connectivity index (χ1v) is 7.33. The fourth-order valence-corrected chi connectivity index (χ4v) is 3.15. The van der Waals surface area contributed by atoms with Crippen molar-refractivity contribution < 1.29 is 4.74 Å². The average Bonchev–Trinajstić information content (AvgIpc) is 2.42. The number of nitrogens with zero attached hydrogens (tertiary/aromatic N) is 2. The lowest BCUT2D eigenvalue weighted by Gasteiger charge is -2.45. The van der Waals surface area contributed by atoms with Gasteiger partial charge in [0.05, 0.1) is 11.8 Å². The van der Waals surface area contributed by atoms with Crippen LogP contribution in [-0.4, -0.2) is 41.7 Å². The molecule has 4 rings (SSSR count). The van der Waals surface area contributed by atoms with Crippen molar-refractivity contribution in [3.8, 4) is 5.88 Å². The van der Waals surface area contributed by atoms with Crippen LogP contribution in [0.1, 0.15) is 26.7 Å². The number of hydrogen-bond acceptors (Lipinski definition) is 4. The van der Waals surface area contributed by atoms with E-state index < -0.39 is 0 Å². The fourth-order valence-electron chi connectivity index (χ4n) is 3.15. The summed E-state index contributed by atoms with van der Waals surface area (Å²) in [5.74, 6) is 1.53. The number of nitrogens with one attached hydrogen (secondary N) is 1. The van der Waals surface area contributed by atoms with Gasteiger partial charge in [0.15, 0.2) is 0 Å². The molecule has 1 aromatic heterocycles. The van der Waals surface area contributed by atoms with Crippen LogP contribution in [-0.2, 0) is 0 Å². The van der Waals surface area contributed by atoms with Gasteiger partial charge >= 0.3 is 0 Å². The summed E-state index contributed by atoms with van der Waals surface area (Å²) >= 11 is 0. The Balaban J connectivity index is 1.72. The summed E-state index contributed by atoms with van der Waals surface area (Å²) in [6.45, 7) is 7.76. The van der Waals surface area contributed by atoms with Crippen LogP contribution in [0.5, 0.6) is 5.88 Å². The van der Waals surface area contributed by atoms with Gasteiger partial charge in [-0.3, -0.25) is 0 Å². The molecule has 4 nitrogen and oxygen atoms in total. The maximum absolute atomic E-state index is 5.78. The van der Waals surface area contributed by atoms with Crippen molar-refractivity contribution in [2.24, 2.45) is 5.92 Å². The van der Waals surface area contributed by atoms with Crippen LogP contribution in [0.2, 0.25) is 0 Å². The third kappa shape index (κ3) is 2.84. The second-order valence-electron chi connectivity index (χ2n) is 5.91. The molecule has 0 radical (unpaired) electrons. The van der Waals surface area contributed by atoms with Crippen molar-refractivity contribution in [2.75, 3.05) is 25.0 Å². The molecule has 4 heterocycles. The molecule has 0 aliphatic carbocycles. The zero-order chi connectivity index (χ0) is 13.2. The van der Waals surface area contributed by atoms with Crippen molar-refractivity contribution in [1.29, 1.82) is 0 Å². The van der Waals surface area contributed by atoms with E-state index in [0.29, 0.717) is 6.04 Å². The molecule has 3 aliphatic rings. The van der Waals surface area contributed by atoms with Crippen LogP contribution < -0.4 is 10.1 Å². The third-order valence-corrected chi connectivity index (χ3v) is 4.12. The zero-order valence-electron chi connectivity index (χ0n) is 11.8. The predicted octanol–water partition coefficient (Wildman–Crippen LogP) is 2.37. The van der Waals surface area contributed by atoms with E-state index in [1.807, 2.05) is 19.9 Å². The minimum Gasteiger partial charge on any atom is -0.473 e. The summed E-state index contributed by atoms with van der Waals surface area (Å²) in [4.78, 5) is 6.90. The molecule has 3 aliphatic heterocycles. The topological polar surface area (TPSA) is 37.4 Å². The van der Waals surface area contributed by atoms with Gasteiger partial charge in [-0.1, -0.05) is 0 Å². The summed E-state index contributed by atoms with van der Waals surface area (Å²) in [7, 11) is 0. The summed E-state index contributed by atoms with van der Waals surface area (Å²) in [5.41, 5.74) is 1.04. The molecule has 0 saturated carbocycles. The molecular formula is C15H23N3O. The molecular weight excluding hydrogens is 238 g/mol. The Bertz CT molecular complexity index is 427. The maximum atomic E-state index is 5.78. The largest absolute Gasteiger partial charge is 0.473 e. The van der Waals surface area contributed by atoms with Crippen LogP contribution >= 0.6 is 0 Å². The first kappa shape index (κ1) is 12.7. The monoisotopic (exact) mass is 261 g/mol. The van der Waals surface area contributed by atoms with Gasteiger partial charge in [-0.2, -0.15) is 0 Å². The molecule has 19 heavy (non-hydrogen) atoms. The normalized spacial score (nSPS) is 29.5. The van der Waals surface area contributed by atoms with Gasteiger partial charge in [-0.15, -0.1) is 0 Å². The average molecular weight is 261 g/mol. The van der Waals surface area contributed by atoms with Gasteiger partial charge in [0.1, 0.15) is 0 Å². The van der Waals surface area contributed by atoms with E-state index >= 15 is 0 Å². The van der Waals surface area contributed by atoms with Gasteiger partial charge in [0, 0.05) is 18.8 Å². The number of hydrogen-bond donors (Lipinski definition) is 1. The molecule has 104 valence electrons. The summed E-state index contributed by atoms with van der Waals surface area (Å²) in [6.07, 6.45) is 4.58. The van der Waals surface area contributed by atoms with Gasteiger partial charge in [0.25, 0.3) is 0 Å². The molecule has 3 fully saturated rings. The lowest BCUT2D eigenvalue weighted by molar-refractivity contribution is 0.0973. The number of fused-ring (bicyclic) bond motifs is 3. The van der Waals surface area contributed by atoms with E-state index in [0.717, 1.165) is 24.0 Å². The first-order valence-electron chi connectivity index (χ1n) is 7.33. The maximum Gasteiger partial charge on any atom is 0.237 e. The number of piperidine rings is 3. The molecule has 2 bridgehead atoms. The third-order valence-electron chi connectivity index (χ3n) is 4.12. The zero-order valence-corrected chi connectivity index (χ0v) is 11.8. The van der Waals surface area contributed by atoms with E-state index in [1.54, 1.807) is 6.20 Å². The summed E-state index contributed by atoms with van der Waals surface area (Å²) < 4.78 is 5.78. The Labute approximate surface area is 115 Å². The molecule has 1 atom stereocenters. The van der Waals surface area contributed by atoms with Crippen LogP contribution in [0.3, 0.4) is 0 Å². The second-order valence-corrected chi connectivity index (χ2v) is 5.91. The summed E-state index contributed by atoms with van der Waals surface area (Å²) in [6, 6.07) is 4.58. The second kappa shape index (κ2) is 5.37. The van der Waals surface area contributed by atoms with Crippen molar-refractivity contribution in [3.05, 3.63) is 18.3 Å². The van der Waals surface area contributed by atoms with E-state index in [-0.39, 0.29) is 6.10 Å². The van der Waals surface area contributed by atoms with Gasteiger partial charge < -0.3 is 15.0 Å². The van der Waals surface area contributed by atoms with Crippen molar-refractivity contribution in [1.82, 2.24) is 9.88 Å². The predicted molar refractivity (Wildman–Crippen MR) is 76.6 cm³/mol. The molecule has 4 heteroatoms. The molecule has 0 spiro atoms. The number of ether oxygens (including phenoxy) is 1. The quantitative estimate of drug-likeness (QED) is 0.903. The molecule has 1 unspecified atom stereocenters. The first-order chi connectivity index (χ1) is 9.22. The number of anilines is 1. The van der Waals surface area contributed by atoms with E-state index in [2.05, 4.69) is 21.3 Å². The highest BCUT2D eigenvalue weighted by Crippen LogP contribution is 2.31. The standard InChI is InChI=1S/C15H23N3O/c1-11(2)19-15-13(4-3-7-16-15)17-14-10-18-8-5-12(14)6-9-18/h3-4,7,11-12,14,17H,5-6,8-10H2,1-2H3. The Kier molecular flexibility index (Phi) is 3.60. The van der Waals surface area contributed by atoms with E-state index in [1.165, 1.54) is 25.9 Å². The Morgan fingerprint density at radius 3 is 2.79 bits per heavy atom. The molecule has 1 N–H and O–H groups in total. The van der Waals surface area contributed by atoms with Crippen LogP contribution in [0.25, 0.3) is 0 Å². The molecule has 0 amide bonds. The highest BCUT2D eigenvalue weighted by Gasteiger charge is 2.34. The van der Waals surface area contributed by atoms with Crippen LogP contribution in [0, 0.1) is 5.92 Å². The number of rotatable bonds is 4. The number of pyridine rings is 1. The van der Waals surface area contributed by atoms with Gasteiger partial charge in [-0.05, 0) is 57.8 Å². The SMILES string of the molecule is CC(C)Oc1ncccc1NC1CN2CCC1CC2. The highest BCUT2D eigenvalue weighted by molar-refractivity contribution is 5.53. The smallest absolute Gasteiger partial charge is 0.237 e. The molecule has 3 saturated heterocycles. The van der Waals surface area contributed by atoms with Crippen LogP contribution in [0.15, 0.2) is 18.3 Å². The van der Waals surface area contributed by atoms with Gasteiger partial charge in [0.2, 0.25) is 5.88 Å². The van der Waals surface area contributed by atoms with Crippen molar-refractivity contribution in [2.45, 2.75) is 38.8 Å². The van der Waals surface area contributed by atoms with E-state index in [4.69, 9.17) is 4.74 Å². The highest BCUT2D eigenvalue weighted by atomic mass is 16.5. The Hall–Kier alpha value is -1.29. The lowest BCUT2D eigenvalue weighted by atomic mass is 9.84. The molecule has 1 aromatic rings. The summed E-state index contributed by atoms with van der Waals surface area (Å²) in [5, 5.41) is 3.66. The Morgan fingerprint density at radius 2 is 2.16 bits per heavy atom. The molecule has 0 aromatic carbocycles. The van der Waals surface area contributed by atoms with Gasteiger partial charge in [-0.25, -0.2) is 4.98 Å². The lowest BCUT2D eigenvalue weighted by Crippen LogP contribution is -2.53. The fraction of sp³-hybridized carbons (Fsp3) is 0.667. The van der Waals surface area contributed by atoms with Crippen LogP contribution in [0.4, 0.5) is 5.69 Å². The Morgan fingerprint density at radius 1 is 1.37 bits per heavy atom. The minimum atomic E-state index is 0.155. The van der Waals surface area contributed by atoms with E-state index in [9.17, 15) is 0 Å². The number of aromatic nitrogens is 1.